The van der Waals surface area contributed by atoms with Crippen molar-refractivity contribution in [2.75, 3.05) is 12.4 Å². The first-order valence-electron chi connectivity index (χ1n) is 5.75. The molecule has 0 aliphatic heterocycles. The zero-order valence-corrected chi connectivity index (χ0v) is 11.5. The summed E-state index contributed by atoms with van der Waals surface area (Å²) in [6, 6.07) is 0. The number of hydrogen-bond donors (Lipinski definition) is 1. The van der Waals surface area contributed by atoms with E-state index < -0.39 is 0 Å². The van der Waals surface area contributed by atoms with Crippen molar-refractivity contribution in [1.29, 1.82) is 0 Å². The Hall–Kier alpha value is -1.42. The van der Waals surface area contributed by atoms with E-state index in [2.05, 4.69) is 39.9 Å². The Balaban J connectivity index is 2.58. The van der Waals surface area contributed by atoms with Crippen molar-refractivity contribution in [2.45, 2.75) is 27.2 Å². The second-order valence-corrected chi connectivity index (χ2v) is 4.78. The van der Waals surface area contributed by atoms with Crippen LogP contribution in [0.5, 0.6) is 0 Å². The van der Waals surface area contributed by atoms with Gasteiger partial charge in [-0.1, -0.05) is 6.92 Å². The highest BCUT2D eigenvalue weighted by molar-refractivity contribution is 7.08. The molecule has 0 aliphatic carbocycles. The highest BCUT2D eigenvalue weighted by Gasteiger charge is 2.12. The van der Waals surface area contributed by atoms with Crippen LogP contribution >= 0.6 is 11.3 Å². The van der Waals surface area contributed by atoms with E-state index in [4.69, 9.17) is 0 Å². The molecule has 0 spiro atoms. The number of nitrogens with zero attached hydrogens (tertiary/aromatic N) is 2. The van der Waals surface area contributed by atoms with Gasteiger partial charge in [0, 0.05) is 29.2 Å². The van der Waals surface area contributed by atoms with Gasteiger partial charge < -0.3 is 5.32 Å². The molecule has 3 nitrogen and oxygen atoms in total. The molecular weight excluding hydrogens is 230 g/mol. The second kappa shape index (κ2) is 4.84. The van der Waals surface area contributed by atoms with Gasteiger partial charge in [0.25, 0.3) is 0 Å². The first-order chi connectivity index (χ1) is 8.17. The van der Waals surface area contributed by atoms with Crippen LogP contribution in [0.2, 0.25) is 0 Å². The van der Waals surface area contributed by atoms with Crippen LogP contribution in [0.4, 0.5) is 5.82 Å². The molecule has 0 aliphatic rings. The predicted molar refractivity (Wildman–Crippen MR) is 73.7 cm³/mol. The minimum Gasteiger partial charge on any atom is -0.373 e. The van der Waals surface area contributed by atoms with Crippen molar-refractivity contribution >= 4 is 17.2 Å². The van der Waals surface area contributed by atoms with Crippen molar-refractivity contribution < 1.29 is 0 Å². The van der Waals surface area contributed by atoms with Crippen molar-refractivity contribution in [3.05, 3.63) is 27.6 Å². The van der Waals surface area contributed by atoms with Crippen LogP contribution in [0, 0.1) is 13.8 Å². The molecule has 17 heavy (non-hydrogen) atoms. The fraction of sp³-hybridized carbons (Fsp3) is 0.385. The van der Waals surface area contributed by atoms with Crippen LogP contribution in [0.15, 0.2) is 10.8 Å². The normalized spacial score (nSPS) is 10.6. The van der Waals surface area contributed by atoms with Crippen molar-refractivity contribution in [2.24, 2.45) is 0 Å². The number of rotatable bonds is 3. The third kappa shape index (κ3) is 2.17. The van der Waals surface area contributed by atoms with E-state index in [1.807, 2.05) is 14.0 Å². The van der Waals surface area contributed by atoms with E-state index >= 15 is 0 Å². The Morgan fingerprint density at radius 3 is 2.53 bits per heavy atom. The van der Waals surface area contributed by atoms with E-state index in [1.54, 1.807) is 11.3 Å². The molecular formula is C13H17N3S. The maximum atomic E-state index is 4.61. The number of thiophene rings is 1. The summed E-state index contributed by atoms with van der Waals surface area (Å²) < 4.78 is 0. The number of aromatic nitrogens is 2. The molecule has 0 aromatic carbocycles. The fourth-order valence-electron chi connectivity index (χ4n) is 1.94. The maximum absolute atomic E-state index is 4.61. The lowest BCUT2D eigenvalue weighted by atomic mass is 10.1. The van der Waals surface area contributed by atoms with Gasteiger partial charge >= 0.3 is 0 Å². The zero-order valence-electron chi connectivity index (χ0n) is 10.7. The third-order valence-corrected chi connectivity index (χ3v) is 3.76. The number of nitrogens with one attached hydrogen (secondary N) is 1. The quantitative estimate of drug-likeness (QED) is 0.903. The van der Waals surface area contributed by atoms with Gasteiger partial charge in [-0.2, -0.15) is 11.3 Å². The Kier molecular flexibility index (Phi) is 3.43. The zero-order chi connectivity index (χ0) is 12.4. The largest absolute Gasteiger partial charge is 0.373 e. The Morgan fingerprint density at radius 1 is 1.24 bits per heavy atom. The molecule has 1 N–H and O–H groups in total. The van der Waals surface area contributed by atoms with Crippen LogP contribution in [0.3, 0.4) is 0 Å². The van der Waals surface area contributed by atoms with Crippen LogP contribution in [0.25, 0.3) is 11.4 Å². The minimum atomic E-state index is 0.822. The summed E-state index contributed by atoms with van der Waals surface area (Å²) in [5, 5.41) is 7.39. The number of hydrogen-bond acceptors (Lipinski definition) is 4. The summed E-state index contributed by atoms with van der Waals surface area (Å²) in [7, 11) is 1.91. The average Bonchev–Trinajstić information content (AvgIpc) is 2.74. The summed E-state index contributed by atoms with van der Waals surface area (Å²) in [5.74, 6) is 1.77. The second-order valence-electron chi connectivity index (χ2n) is 4.03. The van der Waals surface area contributed by atoms with Gasteiger partial charge in [0.2, 0.25) is 0 Å². The van der Waals surface area contributed by atoms with Gasteiger partial charge in [-0.05, 0) is 31.2 Å². The van der Waals surface area contributed by atoms with E-state index in [-0.39, 0.29) is 0 Å². The molecule has 2 heterocycles. The van der Waals surface area contributed by atoms with E-state index in [0.29, 0.717) is 0 Å². The topological polar surface area (TPSA) is 37.8 Å². The van der Waals surface area contributed by atoms with Crippen LogP contribution in [-0.4, -0.2) is 17.0 Å². The molecule has 0 bridgehead atoms. The van der Waals surface area contributed by atoms with E-state index in [0.717, 1.165) is 29.3 Å². The Labute approximate surface area is 106 Å². The maximum Gasteiger partial charge on any atom is 0.162 e. The van der Waals surface area contributed by atoms with Gasteiger partial charge in [0.15, 0.2) is 5.82 Å². The van der Waals surface area contributed by atoms with E-state index in [9.17, 15) is 0 Å². The number of anilines is 1. The lowest BCUT2D eigenvalue weighted by Gasteiger charge is -2.11. The Bertz CT molecular complexity index is 531. The monoisotopic (exact) mass is 247 g/mol. The van der Waals surface area contributed by atoms with Crippen LogP contribution in [-0.2, 0) is 6.42 Å². The van der Waals surface area contributed by atoms with Gasteiger partial charge in [-0.25, -0.2) is 9.97 Å². The van der Waals surface area contributed by atoms with Gasteiger partial charge in [-0.15, -0.1) is 0 Å². The molecule has 0 unspecified atom stereocenters. The van der Waals surface area contributed by atoms with Gasteiger partial charge in [0.1, 0.15) is 5.82 Å². The highest BCUT2D eigenvalue weighted by atomic mass is 32.1. The Morgan fingerprint density at radius 2 is 2.00 bits per heavy atom. The fourth-order valence-corrected chi connectivity index (χ4v) is 2.76. The molecule has 0 fully saturated rings. The molecule has 0 amide bonds. The lowest BCUT2D eigenvalue weighted by Crippen LogP contribution is -2.05. The van der Waals surface area contributed by atoms with Crippen molar-refractivity contribution in [3.63, 3.8) is 0 Å². The van der Waals surface area contributed by atoms with Crippen LogP contribution in [0.1, 0.15) is 23.7 Å². The highest BCUT2D eigenvalue weighted by Crippen LogP contribution is 2.27. The van der Waals surface area contributed by atoms with Crippen LogP contribution < -0.4 is 5.32 Å². The average molecular weight is 247 g/mol. The molecule has 0 saturated heterocycles. The first-order valence-corrected chi connectivity index (χ1v) is 6.70. The molecule has 2 aromatic heterocycles. The summed E-state index contributed by atoms with van der Waals surface area (Å²) in [6.07, 6.45) is 0.949. The number of aryl methyl sites for hydroxylation is 2. The third-order valence-electron chi connectivity index (χ3n) is 2.90. The predicted octanol–water partition coefficient (Wildman–Crippen LogP) is 3.43. The van der Waals surface area contributed by atoms with Crippen molar-refractivity contribution in [3.8, 4) is 11.4 Å². The minimum absolute atomic E-state index is 0.822. The molecule has 4 heteroatoms. The molecule has 0 saturated carbocycles. The first kappa shape index (κ1) is 12.0. The smallest absolute Gasteiger partial charge is 0.162 e. The standard InChI is InChI=1S/C13H17N3S/c1-5-10-9(3)15-13(16-12(10)14-4)11-7-17-6-8(11)2/h6-7H,5H2,1-4H3,(H,14,15,16). The molecule has 2 rings (SSSR count). The molecule has 0 radical (unpaired) electrons. The summed E-state index contributed by atoms with van der Waals surface area (Å²) >= 11 is 1.69. The summed E-state index contributed by atoms with van der Waals surface area (Å²) in [6.45, 7) is 6.27. The lowest BCUT2D eigenvalue weighted by molar-refractivity contribution is 1.00. The van der Waals surface area contributed by atoms with Gasteiger partial charge in [0.05, 0.1) is 0 Å². The molecule has 90 valence electrons. The van der Waals surface area contributed by atoms with Crippen molar-refractivity contribution in [1.82, 2.24) is 9.97 Å². The molecule has 2 aromatic rings. The van der Waals surface area contributed by atoms with Gasteiger partial charge in [-0.3, -0.25) is 0 Å². The summed E-state index contributed by atoms with van der Waals surface area (Å²) in [5.41, 5.74) is 4.63. The molecule has 0 atom stereocenters. The van der Waals surface area contributed by atoms with E-state index in [1.165, 1.54) is 11.1 Å². The summed E-state index contributed by atoms with van der Waals surface area (Å²) in [4.78, 5) is 9.22. The SMILES string of the molecule is CCc1c(C)nc(-c2cscc2C)nc1NC.